The van der Waals surface area contributed by atoms with Crippen molar-refractivity contribution in [2.24, 2.45) is 0 Å². The van der Waals surface area contributed by atoms with E-state index in [2.05, 4.69) is 49.7 Å². The number of ether oxygens (including phenoxy) is 1. The van der Waals surface area contributed by atoms with Gasteiger partial charge in [0.25, 0.3) is 0 Å². The summed E-state index contributed by atoms with van der Waals surface area (Å²) in [7, 11) is 0. The number of nitrogens with one attached hydrogen (secondary N) is 4. The summed E-state index contributed by atoms with van der Waals surface area (Å²) in [5.41, 5.74) is 0.512. The van der Waals surface area contributed by atoms with E-state index in [1.165, 1.54) is 6.20 Å². The van der Waals surface area contributed by atoms with Crippen molar-refractivity contribution < 1.29 is 17.9 Å². The molecule has 0 aliphatic carbocycles. The second-order valence-corrected chi connectivity index (χ2v) is 9.97. The van der Waals surface area contributed by atoms with E-state index in [0.29, 0.717) is 29.7 Å². The molecule has 5 heterocycles. The number of pyridine rings is 1. The first-order valence-electron chi connectivity index (χ1n) is 11.9. The van der Waals surface area contributed by atoms with Crippen LogP contribution < -0.4 is 16.0 Å². The molecule has 3 aromatic rings. The largest absolute Gasteiger partial charge is 0.419 e. The van der Waals surface area contributed by atoms with Crippen LogP contribution in [0.2, 0.25) is 0 Å². The van der Waals surface area contributed by atoms with Crippen LogP contribution in [0.1, 0.15) is 51.0 Å². The molecule has 188 valence electrons. The number of anilines is 1. The predicted molar refractivity (Wildman–Crippen MR) is 127 cm³/mol. The number of rotatable bonds is 4. The minimum Gasteiger partial charge on any atom is -0.369 e. The number of hydrogen-bond acceptors (Lipinski definition) is 7. The van der Waals surface area contributed by atoms with E-state index in [0.717, 1.165) is 31.3 Å². The Bertz CT molecular complexity index is 1200. The zero-order chi connectivity index (χ0) is 24.8. The molecule has 2 aliphatic heterocycles. The highest BCUT2D eigenvalue weighted by molar-refractivity contribution is 5.93. The third kappa shape index (κ3) is 4.98. The van der Waals surface area contributed by atoms with Gasteiger partial charge in [0.15, 0.2) is 0 Å². The fourth-order valence-electron chi connectivity index (χ4n) is 4.73. The molecule has 5 rings (SSSR count). The molecule has 0 aromatic carbocycles. The first-order chi connectivity index (χ1) is 16.6. The number of H-pyrrole nitrogens is 1. The van der Waals surface area contributed by atoms with Gasteiger partial charge in [-0.1, -0.05) is 0 Å². The van der Waals surface area contributed by atoms with Crippen molar-refractivity contribution in [2.45, 2.75) is 63.5 Å². The van der Waals surface area contributed by atoms with Gasteiger partial charge in [-0.3, -0.25) is 0 Å². The molecule has 1 unspecified atom stereocenters. The highest BCUT2D eigenvalue weighted by atomic mass is 19.4. The SMILES string of the molecule is CC1NCCO[C@@H]1c1ccc2c(-c3nc(N[C@H]4CCC(C)(C)NC4)ncc3C(F)(F)F)c[nH]c2n1. The van der Waals surface area contributed by atoms with Gasteiger partial charge in [0.05, 0.1) is 18.0 Å². The summed E-state index contributed by atoms with van der Waals surface area (Å²) in [6.45, 7) is 8.30. The summed E-state index contributed by atoms with van der Waals surface area (Å²) >= 11 is 0. The van der Waals surface area contributed by atoms with Crippen LogP contribution in [0.3, 0.4) is 0 Å². The lowest BCUT2D eigenvalue weighted by Crippen LogP contribution is -2.50. The Morgan fingerprint density at radius 1 is 1.20 bits per heavy atom. The highest BCUT2D eigenvalue weighted by Gasteiger charge is 2.36. The Morgan fingerprint density at radius 3 is 2.74 bits per heavy atom. The second-order valence-electron chi connectivity index (χ2n) is 9.97. The number of aromatic amines is 1. The Balaban J connectivity index is 1.48. The van der Waals surface area contributed by atoms with E-state index in [9.17, 15) is 13.2 Å². The van der Waals surface area contributed by atoms with Crippen LogP contribution >= 0.6 is 0 Å². The molecule has 3 atom stereocenters. The number of aromatic nitrogens is 4. The van der Waals surface area contributed by atoms with Gasteiger partial charge in [-0.25, -0.2) is 15.0 Å². The molecule has 35 heavy (non-hydrogen) atoms. The second kappa shape index (κ2) is 9.03. The van der Waals surface area contributed by atoms with Crippen LogP contribution in [-0.2, 0) is 10.9 Å². The summed E-state index contributed by atoms with van der Waals surface area (Å²) in [6, 6.07) is 3.69. The Labute approximate surface area is 201 Å². The quantitative estimate of drug-likeness (QED) is 0.439. The Kier molecular flexibility index (Phi) is 6.18. The van der Waals surface area contributed by atoms with Crippen molar-refractivity contribution in [1.29, 1.82) is 0 Å². The molecule has 2 saturated heterocycles. The number of hydrogen-bond donors (Lipinski definition) is 4. The monoisotopic (exact) mass is 489 g/mol. The molecular weight excluding hydrogens is 459 g/mol. The maximum atomic E-state index is 13.9. The molecule has 8 nitrogen and oxygen atoms in total. The summed E-state index contributed by atoms with van der Waals surface area (Å²) in [6.07, 6.45) is -0.637. The molecule has 2 aliphatic rings. The highest BCUT2D eigenvalue weighted by Crippen LogP contribution is 2.39. The number of alkyl halides is 3. The van der Waals surface area contributed by atoms with Crippen molar-refractivity contribution in [1.82, 2.24) is 30.6 Å². The van der Waals surface area contributed by atoms with Gasteiger partial charge in [0.1, 0.15) is 17.3 Å². The molecule has 4 N–H and O–H groups in total. The molecule has 11 heteroatoms. The molecule has 0 bridgehead atoms. The summed E-state index contributed by atoms with van der Waals surface area (Å²) in [5.74, 6) is 0.175. The Morgan fingerprint density at radius 2 is 2.03 bits per heavy atom. The van der Waals surface area contributed by atoms with Crippen LogP contribution in [0, 0.1) is 0 Å². The van der Waals surface area contributed by atoms with Crippen molar-refractivity contribution >= 4 is 17.0 Å². The van der Waals surface area contributed by atoms with Crippen molar-refractivity contribution in [3.05, 3.63) is 35.8 Å². The number of fused-ring (bicyclic) bond motifs is 1. The number of nitrogens with zero attached hydrogens (tertiary/aromatic N) is 3. The predicted octanol–water partition coefficient (Wildman–Crippen LogP) is 4.03. The minimum atomic E-state index is -4.60. The van der Waals surface area contributed by atoms with Gasteiger partial charge < -0.3 is 25.7 Å². The van der Waals surface area contributed by atoms with E-state index >= 15 is 0 Å². The normalized spacial score (nSPS) is 25.0. The average Bonchev–Trinajstić information content (AvgIpc) is 3.23. The molecule has 0 saturated carbocycles. The molecule has 0 amide bonds. The fourth-order valence-corrected chi connectivity index (χ4v) is 4.73. The summed E-state index contributed by atoms with van der Waals surface area (Å²) in [4.78, 5) is 16.0. The van der Waals surface area contributed by atoms with E-state index in [1.807, 2.05) is 6.92 Å². The lowest BCUT2D eigenvalue weighted by molar-refractivity contribution is -0.137. The molecule has 0 spiro atoms. The average molecular weight is 490 g/mol. The first kappa shape index (κ1) is 24.0. The smallest absolute Gasteiger partial charge is 0.369 e. The topological polar surface area (TPSA) is 99.8 Å². The van der Waals surface area contributed by atoms with Crippen LogP contribution in [-0.4, -0.2) is 57.3 Å². The van der Waals surface area contributed by atoms with E-state index in [1.54, 1.807) is 12.1 Å². The Hall–Kier alpha value is -2.76. The van der Waals surface area contributed by atoms with Gasteiger partial charge in [0.2, 0.25) is 5.95 Å². The summed E-state index contributed by atoms with van der Waals surface area (Å²) < 4.78 is 47.6. The van der Waals surface area contributed by atoms with Gasteiger partial charge in [-0.2, -0.15) is 13.2 Å². The van der Waals surface area contributed by atoms with Gasteiger partial charge in [-0.05, 0) is 45.7 Å². The molecular formula is C24H30F3N7O. The lowest BCUT2D eigenvalue weighted by Gasteiger charge is -2.36. The standard InChI is InChI=1S/C24H30F3N7O/c1-13-20(35-9-8-28-13)18-5-4-15-16(11-29-21(15)33-18)19-17(24(25,26)27)12-30-22(34-19)32-14-6-7-23(2,3)31-10-14/h4-5,11-14,20,28,31H,6-10H2,1-3H3,(H,29,33)(H,30,32,34)/t13?,14-,20-/m0/s1. The van der Waals surface area contributed by atoms with Gasteiger partial charge >= 0.3 is 6.18 Å². The maximum Gasteiger partial charge on any atom is 0.419 e. The van der Waals surface area contributed by atoms with E-state index in [-0.39, 0.29) is 35.4 Å². The maximum absolute atomic E-state index is 13.9. The van der Waals surface area contributed by atoms with Crippen LogP contribution in [0.5, 0.6) is 0 Å². The van der Waals surface area contributed by atoms with Crippen LogP contribution in [0.15, 0.2) is 24.5 Å². The third-order valence-corrected chi connectivity index (χ3v) is 6.80. The van der Waals surface area contributed by atoms with Gasteiger partial charge in [0, 0.05) is 54.1 Å². The zero-order valence-electron chi connectivity index (χ0n) is 20.0. The minimum absolute atomic E-state index is 0.0332. The third-order valence-electron chi connectivity index (χ3n) is 6.80. The fraction of sp³-hybridized carbons (Fsp3) is 0.542. The molecule has 3 aromatic heterocycles. The van der Waals surface area contributed by atoms with E-state index < -0.39 is 11.7 Å². The number of piperidine rings is 1. The lowest BCUT2D eigenvalue weighted by atomic mass is 9.91. The molecule has 2 fully saturated rings. The summed E-state index contributed by atoms with van der Waals surface area (Å²) in [5, 5.41) is 10.5. The van der Waals surface area contributed by atoms with Crippen molar-refractivity contribution in [3.8, 4) is 11.3 Å². The number of halogens is 3. The zero-order valence-corrected chi connectivity index (χ0v) is 20.0. The van der Waals surface area contributed by atoms with Crippen molar-refractivity contribution in [3.63, 3.8) is 0 Å². The van der Waals surface area contributed by atoms with Crippen molar-refractivity contribution in [2.75, 3.05) is 25.0 Å². The van der Waals surface area contributed by atoms with E-state index in [4.69, 9.17) is 4.74 Å². The molecule has 0 radical (unpaired) electrons. The number of morpholine rings is 1. The van der Waals surface area contributed by atoms with Crippen LogP contribution in [0.4, 0.5) is 19.1 Å². The van der Waals surface area contributed by atoms with Gasteiger partial charge in [-0.15, -0.1) is 0 Å². The van der Waals surface area contributed by atoms with Crippen LogP contribution in [0.25, 0.3) is 22.3 Å². The first-order valence-corrected chi connectivity index (χ1v) is 11.9.